The van der Waals surface area contributed by atoms with Crippen molar-refractivity contribution in [3.63, 3.8) is 0 Å². The fourth-order valence-corrected chi connectivity index (χ4v) is 3.80. The van der Waals surface area contributed by atoms with Crippen LogP contribution in [0.3, 0.4) is 0 Å². The van der Waals surface area contributed by atoms with Gasteiger partial charge < -0.3 is 5.32 Å². The number of hydrogen-bond donors (Lipinski definition) is 1. The van der Waals surface area contributed by atoms with Crippen molar-refractivity contribution in [1.82, 2.24) is 10.2 Å². The van der Waals surface area contributed by atoms with Crippen LogP contribution in [-0.2, 0) is 0 Å². The molecule has 1 aromatic heterocycles. The molecular formula is C10H17N3S2. The smallest absolute Gasteiger partial charge is 0.205 e. The van der Waals surface area contributed by atoms with Crippen LogP contribution in [0, 0.1) is 6.92 Å². The minimum Gasteiger partial charge on any atom is -0.357 e. The SMILES string of the molecule is CCSC1CCC(Nc2nnc(C)s2)C1. The van der Waals surface area contributed by atoms with Gasteiger partial charge in [-0.3, -0.25) is 0 Å². The minimum absolute atomic E-state index is 0.612. The fourth-order valence-electron chi connectivity index (χ4n) is 1.99. The molecule has 1 saturated carbocycles. The molecule has 3 nitrogen and oxygen atoms in total. The first-order valence-corrected chi connectivity index (χ1v) is 7.32. The molecule has 0 spiro atoms. The molecule has 0 saturated heterocycles. The van der Waals surface area contributed by atoms with E-state index in [1.54, 1.807) is 11.3 Å². The maximum absolute atomic E-state index is 4.10. The normalized spacial score (nSPS) is 25.7. The van der Waals surface area contributed by atoms with Gasteiger partial charge in [-0.1, -0.05) is 18.3 Å². The summed E-state index contributed by atoms with van der Waals surface area (Å²) in [4.78, 5) is 0. The van der Waals surface area contributed by atoms with E-state index in [1.165, 1.54) is 25.0 Å². The van der Waals surface area contributed by atoms with Crippen LogP contribution in [0.5, 0.6) is 0 Å². The summed E-state index contributed by atoms with van der Waals surface area (Å²) in [5, 5.41) is 14.5. The van der Waals surface area contributed by atoms with E-state index in [0.717, 1.165) is 15.4 Å². The van der Waals surface area contributed by atoms with Crippen molar-refractivity contribution in [3.05, 3.63) is 5.01 Å². The Morgan fingerprint density at radius 3 is 3.00 bits per heavy atom. The second kappa shape index (κ2) is 5.16. The highest BCUT2D eigenvalue weighted by molar-refractivity contribution is 7.99. The molecule has 5 heteroatoms. The minimum atomic E-state index is 0.612. The zero-order valence-electron chi connectivity index (χ0n) is 9.19. The van der Waals surface area contributed by atoms with E-state index in [-0.39, 0.29) is 0 Å². The van der Waals surface area contributed by atoms with Crippen molar-refractivity contribution in [2.24, 2.45) is 0 Å². The lowest BCUT2D eigenvalue weighted by Crippen LogP contribution is -2.15. The number of thioether (sulfide) groups is 1. The molecule has 0 bridgehead atoms. The van der Waals surface area contributed by atoms with Crippen LogP contribution >= 0.6 is 23.1 Å². The van der Waals surface area contributed by atoms with Crippen LogP contribution in [0.15, 0.2) is 0 Å². The Morgan fingerprint density at radius 1 is 1.47 bits per heavy atom. The molecule has 1 fully saturated rings. The number of hydrogen-bond acceptors (Lipinski definition) is 5. The highest BCUT2D eigenvalue weighted by atomic mass is 32.2. The summed E-state index contributed by atoms with van der Waals surface area (Å²) < 4.78 is 0. The third-order valence-electron chi connectivity index (χ3n) is 2.64. The van der Waals surface area contributed by atoms with Crippen LogP contribution in [0.4, 0.5) is 5.13 Å². The third-order valence-corrected chi connectivity index (χ3v) is 4.64. The molecule has 0 aromatic carbocycles. The predicted molar refractivity (Wildman–Crippen MR) is 67.8 cm³/mol. The summed E-state index contributed by atoms with van der Waals surface area (Å²) in [6.07, 6.45) is 3.89. The molecule has 0 radical (unpaired) electrons. The summed E-state index contributed by atoms with van der Waals surface area (Å²) in [5.74, 6) is 1.23. The van der Waals surface area contributed by atoms with Gasteiger partial charge in [0.1, 0.15) is 5.01 Å². The first-order valence-electron chi connectivity index (χ1n) is 5.46. The van der Waals surface area contributed by atoms with Crippen LogP contribution in [0.25, 0.3) is 0 Å². The lowest BCUT2D eigenvalue weighted by Gasteiger charge is -2.11. The Kier molecular flexibility index (Phi) is 3.86. The molecule has 0 aliphatic heterocycles. The summed E-state index contributed by atoms with van der Waals surface area (Å²) >= 11 is 3.73. The van der Waals surface area contributed by atoms with Gasteiger partial charge in [-0.2, -0.15) is 11.8 Å². The van der Waals surface area contributed by atoms with Gasteiger partial charge >= 0.3 is 0 Å². The molecule has 2 rings (SSSR count). The summed E-state index contributed by atoms with van der Waals surface area (Å²) in [6, 6.07) is 0.612. The van der Waals surface area contributed by atoms with Gasteiger partial charge in [0.05, 0.1) is 0 Å². The van der Waals surface area contributed by atoms with Crippen LogP contribution in [0.1, 0.15) is 31.2 Å². The molecule has 0 amide bonds. The van der Waals surface area contributed by atoms with Gasteiger partial charge in [0.25, 0.3) is 0 Å². The molecule has 84 valence electrons. The van der Waals surface area contributed by atoms with E-state index in [2.05, 4.69) is 34.2 Å². The number of rotatable bonds is 4. The van der Waals surface area contributed by atoms with Crippen molar-refractivity contribution in [2.45, 2.75) is 44.4 Å². The summed E-state index contributed by atoms with van der Waals surface area (Å²) in [5.41, 5.74) is 0. The Hall–Kier alpha value is -0.290. The van der Waals surface area contributed by atoms with Gasteiger partial charge in [0.15, 0.2) is 0 Å². The van der Waals surface area contributed by atoms with Gasteiger partial charge in [-0.25, -0.2) is 0 Å². The lowest BCUT2D eigenvalue weighted by molar-refractivity contribution is 0.753. The molecule has 1 aliphatic carbocycles. The van der Waals surface area contributed by atoms with Crippen molar-refractivity contribution in [3.8, 4) is 0 Å². The summed E-state index contributed by atoms with van der Waals surface area (Å²) in [6.45, 7) is 4.23. The molecule has 1 aliphatic rings. The first-order chi connectivity index (χ1) is 7.28. The fraction of sp³-hybridized carbons (Fsp3) is 0.800. The average Bonchev–Trinajstić information content (AvgIpc) is 2.78. The molecule has 2 unspecified atom stereocenters. The van der Waals surface area contributed by atoms with Crippen molar-refractivity contribution >= 4 is 28.2 Å². The lowest BCUT2D eigenvalue weighted by atomic mass is 10.3. The Labute approximate surface area is 99.1 Å². The number of nitrogens with one attached hydrogen (secondary N) is 1. The second-order valence-electron chi connectivity index (χ2n) is 3.86. The molecule has 15 heavy (non-hydrogen) atoms. The zero-order chi connectivity index (χ0) is 10.7. The van der Waals surface area contributed by atoms with Gasteiger partial charge in [0, 0.05) is 11.3 Å². The number of nitrogens with zero attached hydrogens (tertiary/aromatic N) is 2. The first kappa shape index (κ1) is 11.2. The summed E-state index contributed by atoms with van der Waals surface area (Å²) in [7, 11) is 0. The zero-order valence-corrected chi connectivity index (χ0v) is 10.8. The average molecular weight is 243 g/mol. The quantitative estimate of drug-likeness (QED) is 0.882. The highest BCUT2D eigenvalue weighted by Gasteiger charge is 2.24. The van der Waals surface area contributed by atoms with Crippen molar-refractivity contribution in [1.29, 1.82) is 0 Å². The Morgan fingerprint density at radius 2 is 2.33 bits per heavy atom. The van der Waals surface area contributed by atoms with Crippen LogP contribution in [0.2, 0.25) is 0 Å². The monoisotopic (exact) mass is 243 g/mol. The second-order valence-corrected chi connectivity index (χ2v) is 6.62. The molecule has 1 N–H and O–H groups in total. The van der Waals surface area contributed by atoms with E-state index < -0.39 is 0 Å². The van der Waals surface area contributed by atoms with Crippen molar-refractivity contribution in [2.75, 3.05) is 11.1 Å². The van der Waals surface area contributed by atoms with E-state index in [9.17, 15) is 0 Å². The predicted octanol–water partition coefficient (Wildman–Crippen LogP) is 2.93. The van der Waals surface area contributed by atoms with Gasteiger partial charge in [-0.05, 0) is 31.9 Å². The number of aryl methyl sites for hydroxylation is 1. The number of anilines is 1. The van der Waals surface area contributed by atoms with Crippen molar-refractivity contribution < 1.29 is 0 Å². The van der Waals surface area contributed by atoms with E-state index in [0.29, 0.717) is 6.04 Å². The van der Waals surface area contributed by atoms with E-state index >= 15 is 0 Å². The third kappa shape index (κ3) is 3.08. The Bertz CT molecular complexity index is 313. The van der Waals surface area contributed by atoms with Gasteiger partial charge in [0.2, 0.25) is 5.13 Å². The van der Waals surface area contributed by atoms with Crippen LogP contribution in [-0.4, -0.2) is 27.2 Å². The molecule has 1 aromatic rings. The number of aromatic nitrogens is 2. The van der Waals surface area contributed by atoms with E-state index in [1.807, 2.05) is 6.92 Å². The van der Waals surface area contributed by atoms with Crippen LogP contribution < -0.4 is 5.32 Å². The van der Waals surface area contributed by atoms with Gasteiger partial charge in [-0.15, -0.1) is 10.2 Å². The largest absolute Gasteiger partial charge is 0.357 e. The standard InChI is InChI=1S/C10H17N3S2/c1-3-14-9-5-4-8(6-9)11-10-13-12-7(2)15-10/h8-9H,3-6H2,1-2H3,(H,11,13). The molecular weight excluding hydrogens is 226 g/mol. The molecule has 2 atom stereocenters. The topological polar surface area (TPSA) is 37.8 Å². The highest BCUT2D eigenvalue weighted by Crippen LogP contribution is 2.31. The maximum atomic E-state index is 4.10. The Balaban J connectivity index is 1.82. The maximum Gasteiger partial charge on any atom is 0.205 e. The van der Waals surface area contributed by atoms with E-state index in [4.69, 9.17) is 0 Å². The molecule has 1 heterocycles.